The van der Waals surface area contributed by atoms with Gasteiger partial charge in [-0.05, 0) is 6.42 Å². The van der Waals surface area contributed by atoms with E-state index in [4.69, 9.17) is 9.84 Å². The molecule has 1 saturated heterocycles. The summed E-state index contributed by atoms with van der Waals surface area (Å²) >= 11 is 0. The zero-order valence-electron chi connectivity index (χ0n) is 8.15. The van der Waals surface area contributed by atoms with Crippen molar-refractivity contribution in [1.82, 2.24) is 0 Å². The maximum absolute atomic E-state index is 10.0. The standard InChI is InChI=1S/C9H16O6/c10-3-9(14)5-4(6(11)7(9)12)1-2-15-8(5)13/h4-8,10-14H,1-3H2/t4-,5-,6+,7-,8-,9+/m1/s1. The van der Waals surface area contributed by atoms with Crippen molar-refractivity contribution in [3.05, 3.63) is 0 Å². The highest BCUT2D eigenvalue weighted by Crippen LogP contribution is 2.46. The molecule has 2 fully saturated rings. The van der Waals surface area contributed by atoms with E-state index in [0.717, 1.165) is 0 Å². The van der Waals surface area contributed by atoms with Crippen molar-refractivity contribution >= 4 is 0 Å². The van der Waals surface area contributed by atoms with Gasteiger partial charge in [-0.1, -0.05) is 0 Å². The van der Waals surface area contributed by atoms with E-state index in [1.165, 1.54) is 0 Å². The lowest BCUT2D eigenvalue weighted by molar-refractivity contribution is -0.228. The molecule has 0 aromatic heterocycles. The van der Waals surface area contributed by atoms with Gasteiger partial charge >= 0.3 is 0 Å². The highest BCUT2D eigenvalue weighted by molar-refractivity contribution is 5.09. The largest absolute Gasteiger partial charge is 0.393 e. The van der Waals surface area contributed by atoms with Gasteiger partial charge < -0.3 is 30.3 Å². The fraction of sp³-hybridized carbons (Fsp3) is 1.00. The predicted octanol–water partition coefficient (Wildman–Crippen LogP) is -2.58. The first-order valence-corrected chi connectivity index (χ1v) is 5.01. The molecule has 2 aliphatic rings. The summed E-state index contributed by atoms with van der Waals surface area (Å²) in [4.78, 5) is 0. The summed E-state index contributed by atoms with van der Waals surface area (Å²) in [5.74, 6) is -1.29. The topological polar surface area (TPSA) is 110 Å². The van der Waals surface area contributed by atoms with Gasteiger partial charge in [0.25, 0.3) is 0 Å². The molecule has 1 aliphatic heterocycles. The number of hydrogen-bond acceptors (Lipinski definition) is 6. The molecule has 1 saturated carbocycles. The van der Waals surface area contributed by atoms with Gasteiger partial charge in [0, 0.05) is 11.8 Å². The van der Waals surface area contributed by atoms with Crippen molar-refractivity contribution in [3.63, 3.8) is 0 Å². The lowest BCUT2D eigenvalue weighted by atomic mass is 9.82. The molecular formula is C9H16O6. The molecule has 0 unspecified atom stereocenters. The van der Waals surface area contributed by atoms with E-state index in [-0.39, 0.29) is 6.61 Å². The predicted molar refractivity (Wildman–Crippen MR) is 47.6 cm³/mol. The van der Waals surface area contributed by atoms with Gasteiger partial charge in [-0.15, -0.1) is 0 Å². The summed E-state index contributed by atoms with van der Waals surface area (Å²) < 4.78 is 4.95. The maximum atomic E-state index is 10.0. The van der Waals surface area contributed by atoms with Gasteiger partial charge in [-0.25, -0.2) is 0 Å². The molecule has 88 valence electrons. The lowest BCUT2D eigenvalue weighted by Gasteiger charge is -2.37. The average molecular weight is 220 g/mol. The van der Waals surface area contributed by atoms with E-state index in [0.29, 0.717) is 6.42 Å². The number of aliphatic hydroxyl groups excluding tert-OH is 4. The van der Waals surface area contributed by atoms with Crippen LogP contribution in [-0.4, -0.2) is 62.8 Å². The summed E-state index contributed by atoms with van der Waals surface area (Å²) in [6, 6.07) is 0. The minimum absolute atomic E-state index is 0.271. The third-order valence-corrected chi connectivity index (χ3v) is 3.61. The maximum Gasteiger partial charge on any atom is 0.160 e. The van der Waals surface area contributed by atoms with E-state index in [1.54, 1.807) is 0 Å². The number of hydrogen-bond donors (Lipinski definition) is 5. The Labute approximate surface area is 86.7 Å². The summed E-state index contributed by atoms with van der Waals surface area (Å²) in [6.07, 6.45) is -3.39. The first-order valence-electron chi connectivity index (χ1n) is 5.01. The molecule has 6 nitrogen and oxygen atoms in total. The SMILES string of the molecule is OC[C@]1(O)[C@@H]2[C@@H](CCO[C@H]2O)[C@H](O)[C@H]1O. The van der Waals surface area contributed by atoms with Crippen LogP contribution in [0.3, 0.4) is 0 Å². The van der Waals surface area contributed by atoms with Crippen LogP contribution in [0.2, 0.25) is 0 Å². The third-order valence-electron chi connectivity index (χ3n) is 3.61. The quantitative estimate of drug-likeness (QED) is 0.332. The van der Waals surface area contributed by atoms with E-state index in [2.05, 4.69) is 0 Å². The molecule has 1 aliphatic carbocycles. The van der Waals surface area contributed by atoms with Gasteiger partial charge in [-0.3, -0.25) is 0 Å². The van der Waals surface area contributed by atoms with Crippen LogP contribution in [-0.2, 0) is 4.74 Å². The Kier molecular flexibility index (Phi) is 2.74. The van der Waals surface area contributed by atoms with Crippen LogP contribution in [0.4, 0.5) is 0 Å². The fourth-order valence-corrected chi connectivity index (χ4v) is 2.75. The molecule has 0 bridgehead atoms. The zero-order valence-corrected chi connectivity index (χ0v) is 8.15. The van der Waals surface area contributed by atoms with Crippen molar-refractivity contribution in [2.45, 2.75) is 30.5 Å². The molecule has 0 radical (unpaired) electrons. The number of rotatable bonds is 1. The minimum atomic E-state index is -1.88. The van der Waals surface area contributed by atoms with Gasteiger partial charge in [0.2, 0.25) is 0 Å². The Hall–Kier alpha value is -0.240. The second-order valence-electron chi connectivity index (χ2n) is 4.32. The van der Waals surface area contributed by atoms with Crippen molar-refractivity contribution in [3.8, 4) is 0 Å². The molecule has 0 amide bonds. The summed E-state index contributed by atoms with van der Waals surface area (Å²) in [5.41, 5.74) is -1.88. The normalized spacial score (nSPS) is 55.4. The first kappa shape index (κ1) is 11.3. The van der Waals surface area contributed by atoms with Gasteiger partial charge in [0.1, 0.15) is 11.7 Å². The van der Waals surface area contributed by atoms with Crippen LogP contribution in [0.5, 0.6) is 0 Å². The molecule has 6 atom stereocenters. The smallest absolute Gasteiger partial charge is 0.160 e. The van der Waals surface area contributed by atoms with Gasteiger partial charge in [-0.2, -0.15) is 0 Å². The Bertz CT molecular complexity index is 247. The number of ether oxygens (including phenoxy) is 1. The molecule has 0 spiro atoms. The molecule has 5 N–H and O–H groups in total. The zero-order chi connectivity index (χ0) is 11.2. The Morgan fingerprint density at radius 1 is 1.27 bits per heavy atom. The molecule has 1 heterocycles. The molecule has 2 rings (SSSR count). The van der Waals surface area contributed by atoms with E-state index in [1.807, 2.05) is 0 Å². The van der Waals surface area contributed by atoms with Gasteiger partial charge in [0.05, 0.1) is 19.3 Å². The first-order chi connectivity index (χ1) is 7.02. The summed E-state index contributed by atoms with van der Waals surface area (Å²) in [7, 11) is 0. The Morgan fingerprint density at radius 3 is 2.53 bits per heavy atom. The summed E-state index contributed by atoms with van der Waals surface area (Å²) in [5, 5.41) is 48.0. The summed E-state index contributed by atoms with van der Waals surface area (Å²) in [6.45, 7) is -0.444. The van der Waals surface area contributed by atoms with Crippen LogP contribution < -0.4 is 0 Å². The number of fused-ring (bicyclic) bond motifs is 1. The third kappa shape index (κ3) is 1.41. The van der Waals surface area contributed by atoms with Crippen LogP contribution in [0.15, 0.2) is 0 Å². The Balaban J connectivity index is 2.32. The minimum Gasteiger partial charge on any atom is -0.393 e. The Morgan fingerprint density at radius 2 is 1.93 bits per heavy atom. The lowest BCUT2D eigenvalue weighted by Crippen LogP contribution is -2.53. The van der Waals surface area contributed by atoms with E-state index >= 15 is 0 Å². The molecule has 6 heteroatoms. The molecule has 0 aromatic rings. The van der Waals surface area contributed by atoms with Crippen LogP contribution in [0.25, 0.3) is 0 Å². The van der Waals surface area contributed by atoms with E-state index in [9.17, 15) is 20.4 Å². The molecule has 15 heavy (non-hydrogen) atoms. The number of aliphatic hydroxyl groups is 5. The second-order valence-corrected chi connectivity index (χ2v) is 4.32. The van der Waals surface area contributed by atoms with Crippen molar-refractivity contribution in [2.24, 2.45) is 11.8 Å². The highest BCUT2D eigenvalue weighted by Gasteiger charge is 2.62. The van der Waals surface area contributed by atoms with Crippen LogP contribution >= 0.6 is 0 Å². The van der Waals surface area contributed by atoms with Gasteiger partial charge in [0.15, 0.2) is 6.29 Å². The van der Waals surface area contributed by atoms with E-state index < -0.39 is 42.5 Å². The average Bonchev–Trinajstić information content (AvgIpc) is 2.43. The second kappa shape index (κ2) is 3.65. The van der Waals surface area contributed by atoms with Crippen molar-refractivity contribution < 1.29 is 30.3 Å². The molecular weight excluding hydrogens is 204 g/mol. The van der Waals surface area contributed by atoms with Crippen LogP contribution in [0.1, 0.15) is 6.42 Å². The molecule has 0 aromatic carbocycles. The fourth-order valence-electron chi connectivity index (χ4n) is 2.75. The van der Waals surface area contributed by atoms with Crippen molar-refractivity contribution in [2.75, 3.05) is 13.2 Å². The van der Waals surface area contributed by atoms with Crippen molar-refractivity contribution in [1.29, 1.82) is 0 Å². The highest BCUT2D eigenvalue weighted by atomic mass is 16.6. The van der Waals surface area contributed by atoms with Crippen LogP contribution in [0, 0.1) is 11.8 Å². The monoisotopic (exact) mass is 220 g/mol.